The maximum Gasteiger partial charge on any atom is 0.322 e. The number of likely N-dealkylation sites (tertiary alicyclic amines) is 2. The quantitative estimate of drug-likeness (QED) is 0.863. The first-order chi connectivity index (χ1) is 10.7. The number of carbonyl (C=O) groups excluding carboxylic acids is 1. The summed E-state index contributed by atoms with van der Waals surface area (Å²) in [5.41, 5.74) is 0.751. The van der Waals surface area contributed by atoms with Crippen LogP contribution in [0.4, 0.5) is 10.5 Å². The molecule has 1 N–H and O–H groups in total. The lowest BCUT2D eigenvalue weighted by molar-refractivity contribution is -0.0166. The molecule has 2 fully saturated rings. The summed E-state index contributed by atoms with van der Waals surface area (Å²) in [6, 6.07) is 5.54. The number of nitrogens with one attached hydrogen (secondary N) is 1. The van der Waals surface area contributed by atoms with Gasteiger partial charge in [-0.05, 0) is 38.4 Å². The number of piperidine rings is 1. The first kappa shape index (κ1) is 13.7. The van der Waals surface area contributed by atoms with Gasteiger partial charge < -0.3 is 24.6 Å². The van der Waals surface area contributed by atoms with Crippen molar-refractivity contribution in [3.05, 3.63) is 18.2 Å². The van der Waals surface area contributed by atoms with Crippen LogP contribution in [-0.4, -0.2) is 54.8 Å². The average Bonchev–Trinajstić information content (AvgIpc) is 2.96. The number of nitrogens with zero attached hydrogens (tertiary/aromatic N) is 2. The highest BCUT2D eigenvalue weighted by Crippen LogP contribution is 2.42. The summed E-state index contributed by atoms with van der Waals surface area (Å²) in [7, 11) is 2.14. The second-order valence-corrected chi connectivity index (χ2v) is 6.40. The van der Waals surface area contributed by atoms with Crippen molar-refractivity contribution in [3.8, 4) is 11.5 Å². The molecule has 1 aromatic carbocycles. The predicted octanol–water partition coefficient (Wildman–Crippen LogP) is 2.12. The van der Waals surface area contributed by atoms with E-state index in [1.807, 2.05) is 23.1 Å². The highest BCUT2D eigenvalue weighted by Gasteiger charge is 2.48. The molecule has 0 atom stereocenters. The molecule has 3 heterocycles. The number of carbonyl (C=O) groups is 1. The second kappa shape index (κ2) is 5.05. The largest absolute Gasteiger partial charge is 0.454 e. The van der Waals surface area contributed by atoms with Gasteiger partial charge >= 0.3 is 6.03 Å². The molecule has 1 spiro atoms. The van der Waals surface area contributed by atoms with E-state index in [9.17, 15) is 4.79 Å². The van der Waals surface area contributed by atoms with Crippen molar-refractivity contribution in [2.75, 3.05) is 38.8 Å². The van der Waals surface area contributed by atoms with E-state index in [2.05, 4.69) is 17.3 Å². The molecule has 1 aromatic rings. The monoisotopic (exact) mass is 303 g/mol. The van der Waals surface area contributed by atoms with E-state index in [-0.39, 0.29) is 18.4 Å². The van der Waals surface area contributed by atoms with Gasteiger partial charge in [0, 0.05) is 25.2 Å². The molecule has 2 saturated heterocycles. The van der Waals surface area contributed by atoms with Crippen molar-refractivity contribution in [2.24, 2.45) is 0 Å². The molecule has 0 unspecified atom stereocenters. The van der Waals surface area contributed by atoms with Crippen LogP contribution >= 0.6 is 0 Å². The van der Waals surface area contributed by atoms with Gasteiger partial charge in [0.15, 0.2) is 11.5 Å². The number of anilines is 1. The fourth-order valence-electron chi connectivity index (χ4n) is 3.62. The van der Waals surface area contributed by atoms with Gasteiger partial charge in [-0.15, -0.1) is 0 Å². The summed E-state index contributed by atoms with van der Waals surface area (Å²) in [5, 5.41) is 3.00. The van der Waals surface area contributed by atoms with Crippen LogP contribution in [0.1, 0.15) is 19.3 Å². The molecule has 0 aromatic heterocycles. The normalized spacial score (nSPS) is 22.5. The van der Waals surface area contributed by atoms with Gasteiger partial charge in [-0.2, -0.15) is 0 Å². The van der Waals surface area contributed by atoms with Crippen LogP contribution in [0.25, 0.3) is 0 Å². The van der Waals surface area contributed by atoms with Crippen molar-refractivity contribution < 1.29 is 14.3 Å². The van der Waals surface area contributed by atoms with Crippen LogP contribution in [0.3, 0.4) is 0 Å². The molecular formula is C16H21N3O3. The highest BCUT2D eigenvalue weighted by atomic mass is 16.7. The standard InChI is InChI=1S/C16H21N3O3/c1-18-8-5-16(6-9-18)7-10-19(16)15(20)17-12-3-2-4-13-14(12)22-11-21-13/h2-4H,5-11H2,1H3,(H,17,20). The first-order valence-corrected chi connectivity index (χ1v) is 7.84. The molecule has 2 amide bonds. The van der Waals surface area contributed by atoms with Crippen molar-refractivity contribution in [1.82, 2.24) is 9.80 Å². The molecule has 0 bridgehead atoms. The Morgan fingerprint density at radius 1 is 1.18 bits per heavy atom. The molecule has 118 valence electrons. The minimum atomic E-state index is -0.0281. The van der Waals surface area contributed by atoms with E-state index in [1.165, 1.54) is 0 Å². The van der Waals surface area contributed by atoms with Crippen molar-refractivity contribution in [2.45, 2.75) is 24.8 Å². The lowest BCUT2D eigenvalue weighted by Gasteiger charge is -2.55. The first-order valence-electron chi connectivity index (χ1n) is 7.84. The van der Waals surface area contributed by atoms with E-state index in [0.717, 1.165) is 38.9 Å². The van der Waals surface area contributed by atoms with Gasteiger partial charge in [0.25, 0.3) is 0 Å². The zero-order chi connectivity index (χ0) is 15.2. The van der Waals surface area contributed by atoms with Gasteiger partial charge in [0.05, 0.1) is 5.69 Å². The number of hydrogen-bond donors (Lipinski definition) is 1. The van der Waals surface area contributed by atoms with E-state index >= 15 is 0 Å². The molecule has 4 rings (SSSR count). The average molecular weight is 303 g/mol. The van der Waals surface area contributed by atoms with E-state index < -0.39 is 0 Å². The second-order valence-electron chi connectivity index (χ2n) is 6.40. The summed E-state index contributed by atoms with van der Waals surface area (Å²) >= 11 is 0. The van der Waals surface area contributed by atoms with E-state index in [1.54, 1.807) is 0 Å². The number of para-hydroxylation sites is 1. The number of amides is 2. The summed E-state index contributed by atoms with van der Waals surface area (Å²) < 4.78 is 10.8. The summed E-state index contributed by atoms with van der Waals surface area (Å²) in [6.45, 7) is 3.16. The maximum atomic E-state index is 12.7. The van der Waals surface area contributed by atoms with Crippen molar-refractivity contribution >= 4 is 11.7 Å². The Hall–Kier alpha value is -1.95. The van der Waals surface area contributed by atoms with E-state index in [0.29, 0.717) is 17.2 Å². The van der Waals surface area contributed by atoms with Crippen LogP contribution in [0.5, 0.6) is 11.5 Å². The minimum absolute atomic E-state index is 0.0281. The molecule has 6 heteroatoms. The number of urea groups is 1. The Bertz CT molecular complexity index is 596. The van der Waals surface area contributed by atoms with Crippen LogP contribution in [0.15, 0.2) is 18.2 Å². The molecule has 22 heavy (non-hydrogen) atoms. The third kappa shape index (κ3) is 2.09. The third-order valence-corrected chi connectivity index (χ3v) is 5.17. The zero-order valence-corrected chi connectivity index (χ0v) is 12.8. The Kier molecular flexibility index (Phi) is 3.14. The molecule has 0 aliphatic carbocycles. The number of ether oxygens (including phenoxy) is 2. The molecule has 3 aliphatic heterocycles. The summed E-state index contributed by atoms with van der Waals surface area (Å²) in [6.07, 6.45) is 3.23. The number of fused-ring (bicyclic) bond motifs is 1. The van der Waals surface area contributed by atoms with Gasteiger partial charge in [-0.3, -0.25) is 0 Å². The van der Waals surface area contributed by atoms with Gasteiger partial charge in [0.2, 0.25) is 6.79 Å². The lowest BCUT2D eigenvalue weighted by atomic mass is 9.77. The Labute approximate surface area is 130 Å². The minimum Gasteiger partial charge on any atom is -0.454 e. The Balaban J connectivity index is 1.48. The summed E-state index contributed by atoms with van der Waals surface area (Å²) in [4.78, 5) is 17.0. The third-order valence-electron chi connectivity index (χ3n) is 5.17. The van der Waals surface area contributed by atoms with Gasteiger partial charge in [-0.1, -0.05) is 6.07 Å². The smallest absolute Gasteiger partial charge is 0.322 e. The Morgan fingerprint density at radius 3 is 2.68 bits per heavy atom. The van der Waals surface area contributed by atoms with Crippen LogP contribution in [0.2, 0.25) is 0 Å². The fourth-order valence-corrected chi connectivity index (χ4v) is 3.62. The van der Waals surface area contributed by atoms with Gasteiger partial charge in [-0.25, -0.2) is 4.79 Å². The Morgan fingerprint density at radius 2 is 1.95 bits per heavy atom. The number of hydrogen-bond acceptors (Lipinski definition) is 4. The van der Waals surface area contributed by atoms with Crippen LogP contribution in [0, 0.1) is 0 Å². The van der Waals surface area contributed by atoms with E-state index in [4.69, 9.17) is 9.47 Å². The number of rotatable bonds is 1. The van der Waals surface area contributed by atoms with Crippen molar-refractivity contribution in [1.29, 1.82) is 0 Å². The molecular weight excluding hydrogens is 282 g/mol. The SMILES string of the molecule is CN1CCC2(CC1)CCN2C(=O)Nc1cccc2c1OCO2. The van der Waals surface area contributed by atoms with Crippen LogP contribution in [-0.2, 0) is 0 Å². The molecule has 6 nitrogen and oxygen atoms in total. The lowest BCUT2D eigenvalue weighted by Crippen LogP contribution is -2.66. The van der Waals surface area contributed by atoms with Crippen molar-refractivity contribution in [3.63, 3.8) is 0 Å². The maximum absolute atomic E-state index is 12.7. The molecule has 3 aliphatic rings. The molecule has 0 saturated carbocycles. The molecule has 0 radical (unpaired) electrons. The van der Waals surface area contributed by atoms with Gasteiger partial charge in [0.1, 0.15) is 0 Å². The fraction of sp³-hybridized carbons (Fsp3) is 0.562. The summed E-state index contributed by atoms with van der Waals surface area (Å²) in [5.74, 6) is 1.32. The number of benzene rings is 1. The van der Waals surface area contributed by atoms with Crippen LogP contribution < -0.4 is 14.8 Å². The highest BCUT2D eigenvalue weighted by molar-refractivity contribution is 5.92. The topological polar surface area (TPSA) is 54.0 Å². The predicted molar refractivity (Wildman–Crippen MR) is 82.4 cm³/mol. The zero-order valence-electron chi connectivity index (χ0n) is 12.8.